The fourth-order valence-corrected chi connectivity index (χ4v) is 8.66. The van der Waals surface area contributed by atoms with E-state index >= 15 is 8.78 Å². The second-order valence-electron chi connectivity index (χ2n) is 15.6. The molecule has 1 aromatic heterocycles. The Morgan fingerprint density at radius 3 is 2.13 bits per heavy atom. The summed E-state index contributed by atoms with van der Waals surface area (Å²) in [5.41, 5.74) is -0.426. The maximum Gasteiger partial charge on any atom is 0.416 e. The van der Waals surface area contributed by atoms with Gasteiger partial charge in [0.15, 0.2) is 0 Å². The van der Waals surface area contributed by atoms with Gasteiger partial charge in [-0.1, -0.05) is 50.3 Å². The van der Waals surface area contributed by atoms with Crippen molar-refractivity contribution in [2.24, 2.45) is 5.92 Å². The first kappa shape index (κ1) is 41.7. The highest BCUT2D eigenvalue weighted by molar-refractivity contribution is 5.82. The van der Waals surface area contributed by atoms with Crippen LogP contribution in [-0.2, 0) is 15.8 Å². The first-order valence-corrected chi connectivity index (χ1v) is 19.0. The van der Waals surface area contributed by atoms with Gasteiger partial charge >= 0.3 is 12.1 Å². The summed E-state index contributed by atoms with van der Waals surface area (Å²) in [5, 5.41) is 12.5. The SMILES string of the molecule is CC#Cc1cc(-c2c(C)cc(C)cc2C)c(F)c([C@H](CC(=O)O)NC(=O)[C@H](CC(C)C)n2cc(C3CCN(C4CCCC4)CC3)c(C(F)(F)F)cc2=O)c1F. The predicted octanol–water partition coefficient (Wildman–Crippen LogP) is 9.15. The molecule has 1 aliphatic carbocycles. The molecule has 12 heteroatoms. The van der Waals surface area contributed by atoms with Crippen LogP contribution < -0.4 is 10.9 Å². The third-order valence-corrected chi connectivity index (χ3v) is 11.0. The normalized spacial score (nSPS) is 16.9. The average molecular weight is 768 g/mol. The Kier molecular flexibility index (Phi) is 13.0. The van der Waals surface area contributed by atoms with E-state index in [0.717, 1.165) is 42.0 Å². The van der Waals surface area contributed by atoms with E-state index in [1.165, 1.54) is 13.0 Å². The highest BCUT2D eigenvalue weighted by Gasteiger charge is 2.39. The number of nitrogens with zero attached hydrogens (tertiary/aromatic N) is 2. The van der Waals surface area contributed by atoms with Crippen molar-refractivity contribution in [2.45, 2.75) is 123 Å². The number of halogens is 5. The molecule has 1 saturated heterocycles. The van der Waals surface area contributed by atoms with Crippen molar-refractivity contribution in [3.63, 3.8) is 0 Å². The van der Waals surface area contributed by atoms with Gasteiger partial charge in [0.2, 0.25) is 5.91 Å². The lowest BCUT2D eigenvalue weighted by atomic mass is 9.86. The van der Waals surface area contributed by atoms with Crippen molar-refractivity contribution in [1.82, 2.24) is 14.8 Å². The van der Waals surface area contributed by atoms with Gasteiger partial charge < -0.3 is 19.9 Å². The van der Waals surface area contributed by atoms with Crippen LogP contribution in [-0.4, -0.2) is 45.6 Å². The number of carboxylic acid groups (broad SMARTS) is 1. The molecule has 1 saturated carbocycles. The Labute approximate surface area is 319 Å². The van der Waals surface area contributed by atoms with Crippen LogP contribution >= 0.6 is 0 Å². The van der Waals surface area contributed by atoms with Crippen LogP contribution in [0.2, 0.25) is 0 Å². The Balaban J connectivity index is 1.59. The Bertz CT molecular complexity index is 2020. The number of carbonyl (C=O) groups excluding carboxylic acids is 1. The van der Waals surface area contributed by atoms with Crippen LogP contribution in [0, 0.1) is 50.2 Å². The Morgan fingerprint density at radius 2 is 1.58 bits per heavy atom. The summed E-state index contributed by atoms with van der Waals surface area (Å²) in [6.07, 6.45) is 0.602. The van der Waals surface area contributed by atoms with Crippen LogP contribution in [0.15, 0.2) is 35.3 Å². The molecule has 55 heavy (non-hydrogen) atoms. The van der Waals surface area contributed by atoms with Crippen LogP contribution in [0.1, 0.15) is 129 Å². The fourth-order valence-electron chi connectivity index (χ4n) is 8.66. The maximum atomic E-state index is 16.8. The standard InChI is InChI=1S/C43H50F5N3O4/c1-7-10-29-20-31(38-26(5)18-25(4)19-27(38)6)41(45)39(40(29)44)34(22-37(53)54)49-42(55)35(17-24(2)3)51-23-32(33(21-36(51)52)43(46,47)48)28-13-15-50(16-14-28)30-11-8-9-12-30/h18-21,23-24,28,30,34-35H,8-9,11-17,22H2,1-6H3,(H,49,55)(H,53,54)/t34-,35-/m0/s1. The minimum Gasteiger partial charge on any atom is -0.481 e. The highest BCUT2D eigenvalue weighted by atomic mass is 19.4. The molecule has 2 N–H and O–H groups in total. The first-order valence-electron chi connectivity index (χ1n) is 19.0. The van der Waals surface area contributed by atoms with Crippen molar-refractivity contribution in [3.05, 3.63) is 91.4 Å². The minimum absolute atomic E-state index is 0.0320. The van der Waals surface area contributed by atoms with Gasteiger partial charge in [0.25, 0.3) is 5.56 Å². The van der Waals surface area contributed by atoms with E-state index in [1.54, 1.807) is 27.7 Å². The predicted molar refractivity (Wildman–Crippen MR) is 202 cm³/mol. The largest absolute Gasteiger partial charge is 0.481 e. The third-order valence-electron chi connectivity index (χ3n) is 11.0. The summed E-state index contributed by atoms with van der Waals surface area (Å²) < 4.78 is 77.6. The number of rotatable bonds is 11. The van der Waals surface area contributed by atoms with E-state index < -0.39 is 70.8 Å². The molecule has 0 unspecified atom stereocenters. The second-order valence-corrected chi connectivity index (χ2v) is 15.6. The fraction of sp³-hybridized carbons (Fsp3) is 0.512. The van der Waals surface area contributed by atoms with Crippen molar-refractivity contribution < 1.29 is 36.6 Å². The zero-order valence-electron chi connectivity index (χ0n) is 32.3. The molecule has 2 atom stereocenters. The molecule has 5 rings (SSSR count). The first-order chi connectivity index (χ1) is 25.9. The van der Waals surface area contributed by atoms with Crippen LogP contribution in [0.4, 0.5) is 22.0 Å². The van der Waals surface area contributed by atoms with E-state index in [0.29, 0.717) is 54.7 Å². The number of piperidine rings is 1. The molecule has 296 valence electrons. The molecule has 7 nitrogen and oxygen atoms in total. The molecule has 0 bridgehead atoms. The number of aryl methyl sites for hydroxylation is 3. The number of carboxylic acids is 1. The number of benzene rings is 2. The number of likely N-dealkylation sites (tertiary alicyclic amines) is 1. The van der Waals surface area contributed by atoms with Gasteiger partial charge in [0.1, 0.15) is 17.7 Å². The van der Waals surface area contributed by atoms with Crippen LogP contribution in [0.25, 0.3) is 11.1 Å². The summed E-state index contributed by atoms with van der Waals surface area (Å²) in [6, 6.07) is 2.68. The van der Waals surface area contributed by atoms with Crippen LogP contribution in [0.3, 0.4) is 0 Å². The lowest BCUT2D eigenvalue weighted by Crippen LogP contribution is -2.42. The molecule has 1 aliphatic heterocycles. The zero-order chi connectivity index (χ0) is 40.4. The van der Waals surface area contributed by atoms with Gasteiger partial charge in [-0.05, 0) is 113 Å². The molecular weight excluding hydrogens is 717 g/mol. The molecule has 2 aromatic carbocycles. The smallest absolute Gasteiger partial charge is 0.416 e. The van der Waals surface area contributed by atoms with Gasteiger partial charge in [-0.15, -0.1) is 5.92 Å². The molecule has 2 fully saturated rings. The number of nitrogens with one attached hydrogen (secondary N) is 1. The summed E-state index contributed by atoms with van der Waals surface area (Å²) in [4.78, 5) is 42.5. The molecule has 1 amide bonds. The number of carbonyl (C=O) groups is 2. The quantitative estimate of drug-likeness (QED) is 0.150. The number of aromatic nitrogens is 1. The van der Waals surface area contributed by atoms with E-state index in [1.807, 2.05) is 19.1 Å². The van der Waals surface area contributed by atoms with Gasteiger partial charge in [-0.2, -0.15) is 13.2 Å². The van der Waals surface area contributed by atoms with E-state index in [9.17, 15) is 32.7 Å². The topological polar surface area (TPSA) is 91.6 Å². The summed E-state index contributed by atoms with van der Waals surface area (Å²) >= 11 is 0. The molecule has 2 aliphatic rings. The zero-order valence-corrected chi connectivity index (χ0v) is 32.3. The van der Waals surface area contributed by atoms with Crippen molar-refractivity contribution in [3.8, 4) is 23.0 Å². The maximum absolute atomic E-state index is 16.8. The van der Waals surface area contributed by atoms with E-state index in [2.05, 4.69) is 22.1 Å². The van der Waals surface area contributed by atoms with Gasteiger partial charge in [0, 0.05) is 29.4 Å². The van der Waals surface area contributed by atoms with Crippen molar-refractivity contribution >= 4 is 11.9 Å². The van der Waals surface area contributed by atoms with Gasteiger partial charge in [-0.25, -0.2) is 8.78 Å². The summed E-state index contributed by atoms with van der Waals surface area (Å²) in [6.45, 7) is 11.6. The Morgan fingerprint density at radius 1 is 0.964 bits per heavy atom. The second kappa shape index (κ2) is 17.1. The number of pyridine rings is 1. The molecule has 3 aromatic rings. The monoisotopic (exact) mass is 767 g/mol. The number of hydrogen-bond acceptors (Lipinski definition) is 4. The van der Waals surface area contributed by atoms with Crippen molar-refractivity contribution in [1.29, 1.82) is 0 Å². The van der Waals surface area contributed by atoms with Crippen molar-refractivity contribution in [2.75, 3.05) is 13.1 Å². The van der Waals surface area contributed by atoms with E-state index in [-0.39, 0.29) is 29.0 Å². The number of hydrogen-bond donors (Lipinski definition) is 2. The molecule has 0 spiro atoms. The molecule has 2 heterocycles. The van der Waals surface area contributed by atoms with Gasteiger partial charge in [-0.3, -0.25) is 14.4 Å². The third kappa shape index (κ3) is 9.31. The van der Waals surface area contributed by atoms with Gasteiger partial charge in [0.05, 0.1) is 23.6 Å². The Hall–Kier alpha value is -4.50. The number of alkyl halides is 3. The van der Waals surface area contributed by atoms with E-state index in [4.69, 9.17) is 0 Å². The lowest BCUT2D eigenvalue weighted by Gasteiger charge is -2.37. The highest BCUT2D eigenvalue weighted by Crippen LogP contribution is 2.41. The van der Waals surface area contributed by atoms with Crippen LogP contribution in [0.5, 0.6) is 0 Å². The minimum atomic E-state index is -4.83. The molecule has 0 radical (unpaired) electrons. The summed E-state index contributed by atoms with van der Waals surface area (Å²) in [7, 11) is 0. The average Bonchev–Trinajstić information content (AvgIpc) is 3.63. The molecular formula is C43H50F5N3O4. The summed E-state index contributed by atoms with van der Waals surface area (Å²) in [5.74, 6) is -0.229. The number of aliphatic carboxylic acids is 1. The lowest BCUT2D eigenvalue weighted by molar-refractivity contribution is -0.139. The number of amides is 1.